The number of aromatic nitrogens is 2. The Labute approximate surface area is 136 Å². The normalized spacial score (nSPS) is 28.3. The van der Waals surface area contributed by atoms with Gasteiger partial charge in [0.05, 0.1) is 17.5 Å². The highest BCUT2D eigenvalue weighted by Gasteiger charge is 2.54. The number of nitrogens with zero attached hydrogens (tertiary/aromatic N) is 2. The highest BCUT2D eigenvalue weighted by Crippen LogP contribution is 2.61. The van der Waals surface area contributed by atoms with E-state index in [-0.39, 0.29) is 5.95 Å². The topological polar surface area (TPSA) is 87.0 Å². The minimum atomic E-state index is 0.196. The standard InChI is InChI=1S/C18H24N4O/c1-18(2)11-7-6-10(12(18)8-11)9-23-14-5-3-4-13-15(14)16(19)22-17(20)21-13/h3-5,10-12H,6-9H2,1-2H3,(H4,19,20,21,22)/t10?,11?,12-/m0/s1. The molecule has 0 aliphatic heterocycles. The fraction of sp³-hybridized carbons (Fsp3) is 0.556. The minimum Gasteiger partial charge on any atom is -0.492 e. The number of anilines is 2. The molecule has 2 unspecified atom stereocenters. The first kappa shape index (κ1) is 14.5. The molecule has 5 heteroatoms. The molecule has 1 aromatic heterocycles. The highest BCUT2D eigenvalue weighted by atomic mass is 16.5. The second-order valence-electron chi connectivity index (χ2n) is 7.63. The molecule has 3 aliphatic carbocycles. The zero-order valence-corrected chi connectivity index (χ0v) is 13.7. The molecule has 4 N–H and O–H groups in total. The molecule has 122 valence electrons. The van der Waals surface area contributed by atoms with Crippen LogP contribution >= 0.6 is 0 Å². The van der Waals surface area contributed by atoms with Crippen molar-refractivity contribution in [3.8, 4) is 5.75 Å². The zero-order valence-electron chi connectivity index (χ0n) is 13.7. The Balaban J connectivity index is 1.57. The van der Waals surface area contributed by atoms with Gasteiger partial charge in [0.15, 0.2) is 0 Å². The number of nitrogen functional groups attached to an aromatic ring is 2. The fourth-order valence-corrected chi connectivity index (χ4v) is 4.68. The zero-order chi connectivity index (χ0) is 16.2. The third kappa shape index (κ3) is 2.21. The lowest BCUT2D eigenvalue weighted by molar-refractivity contribution is -0.114. The number of hydrogen-bond donors (Lipinski definition) is 2. The molecule has 3 atom stereocenters. The Kier molecular flexibility index (Phi) is 3.15. The average Bonchev–Trinajstić information content (AvgIpc) is 2.52. The summed E-state index contributed by atoms with van der Waals surface area (Å²) in [4.78, 5) is 8.31. The number of hydrogen-bond acceptors (Lipinski definition) is 5. The summed E-state index contributed by atoms with van der Waals surface area (Å²) in [6, 6.07) is 5.75. The summed E-state index contributed by atoms with van der Waals surface area (Å²) in [6.07, 6.45) is 3.95. The molecule has 3 saturated carbocycles. The monoisotopic (exact) mass is 312 g/mol. The van der Waals surface area contributed by atoms with Crippen molar-refractivity contribution >= 4 is 22.7 Å². The van der Waals surface area contributed by atoms with Crippen LogP contribution in [0, 0.1) is 23.2 Å². The lowest BCUT2D eigenvalue weighted by atomic mass is 9.46. The lowest BCUT2D eigenvalue weighted by Gasteiger charge is -2.60. The van der Waals surface area contributed by atoms with Gasteiger partial charge in [0.1, 0.15) is 11.6 Å². The first-order valence-electron chi connectivity index (χ1n) is 8.41. The lowest BCUT2D eigenvalue weighted by Crippen LogP contribution is -2.53. The Bertz CT molecular complexity index is 756. The van der Waals surface area contributed by atoms with E-state index in [9.17, 15) is 0 Å². The van der Waals surface area contributed by atoms with Gasteiger partial charge >= 0.3 is 0 Å². The van der Waals surface area contributed by atoms with Gasteiger partial charge in [-0.2, -0.15) is 4.98 Å². The first-order valence-corrected chi connectivity index (χ1v) is 8.41. The SMILES string of the molecule is CC1(C)C2CCC(COc3cccc4nc(N)nc(N)c34)[C@@H]1C2. The van der Waals surface area contributed by atoms with E-state index < -0.39 is 0 Å². The predicted octanol–water partition coefficient (Wildman–Crippen LogP) is 3.25. The maximum atomic E-state index is 6.17. The molecule has 0 saturated heterocycles. The van der Waals surface area contributed by atoms with E-state index in [1.807, 2.05) is 18.2 Å². The quantitative estimate of drug-likeness (QED) is 0.908. The van der Waals surface area contributed by atoms with E-state index in [2.05, 4.69) is 23.8 Å². The van der Waals surface area contributed by atoms with Crippen LogP contribution in [0.3, 0.4) is 0 Å². The molecule has 0 spiro atoms. The third-order valence-corrected chi connectivity index (χ3v) is 6.18. The summed E-state index contributed by atoms with van der Waals surface area (Å²) in [5.74, 6) is 3.66. The van der Waals surface area contributed by atoms with Gasteiger partial charge in [-0.25, -0.2) is 4.98 Å². The Morgan fingerprint density at radius 1 is 1.22 bits per heavy atom. The Morgan fingerprint density at radius 3 is 2.78 bits per heavy atom. The molecule has 3 aliphatic rings. The van der Waals surface area contributed by atoms with Crippen LogP contribution in [0.4, 0.5) is 11.8 Å². The molecule has 2 bridgehead atoms. The first-order chi connectivity index (χ1) is 11.0. The number of nitrogens with two attached hydrogens (primary N) is 2. The number of ether oxygens (including phenoxy) is 1. The van der Waals surface area contributed by atoms with Gasteiger partial charge in [-0.15, -0.1) is 0 Å². The molecule has 5 nitrogen and oxygen atoms in total. The minimum absolute atomic E-state index is 0.196. The van der Waals surface area contributed by atoms with Crippen molar-refractivity contribution in [1.82, 2.24) is 9.97 Å². The van der Waals surface area contributed by atoms with Crippen LogP contribution < -0.4 is 16.2 Å². The summed E-state index contributed by atoms with van der Waals surface area (Å²) in [6.45, 7) is 5.55. The van der Waals surface area contributed by atoms with Crippen LogP contribution in [0.15, 0.2) is 18.2 Å². The summed E-state index contributed by atoms with van der Waals surface area (Å²) in [7, 11) is 0. The Hall–Kier alpha value is -2.04. The third-order valence-electron chi connectivity index (χ3n) is 6.18. The van der Waals surface area contributed by atoms with Crippen molar-refractivity contribution < 1.29 is 4.74 Å². The van der Waals surface area contributed by atoms with E-state index in [1.54, 1.807) is 0 Å². The van der Waals surface area contributed by atoms with Crippen LogP contribution in [0.25, 0.3) is 10.9 Å². The summed E-state index contributed by atoms with van der Waals surface area (Å²) in [5.41, 5.74) is 12.9. The van der Waals surface area contributed by atoms with E-state index in [0.717, 1.165) is 35.1 Å². The molecule has 1 aromatic carbocycles. The summed E-state index contributed by atoms with van der Waals surface area (Å²) in [5, 5.41) is 0.767. The number of fused-ring (bicyclic) bond motifs is 3. The van der Waals surface area contributed by atoms with E-state index in [0.29, 0.717) is 17.2 Å². The van der Waals surface area contributed by atoms with Crippen LogP contribution in [0.2, 0.25) is 0 Å². The van der Waals surface area contributed by atoms with Crippen LogP contribution in [0.1, 0.15) is 33.1 Å². The molecule has 1 heterocycles. The molecule has 0 radical (unpaired) electrons. The highest BCUT2D eigenvalue weighted by molar-refractivity contribution is 5.94. The fourth-order valence-electron chi connectivity index (χ4n) is 4.68. The van der Waals surface area contributed by atoms with Crippen molar-refractivity contribution in [2.45, 2.75) is 33.1 Å². The van der Waals surface area contributed by atoms with Gasteiger partial charge in [0.2, 0.25) is 5.95 Å². The van der Waals surface area contributed by atoms with Crippen molar-refractivity contribution in [2.75, 3.05) is 18.1 Å². The number of rotatable bonds is 3. The summed E-state index contributed by atoms with van der Waals surface area (Å²) < 4.78 is 6.17. The van der Waals surface area contributed by atoms with Crippen LogP contribution in [0.5, 0.6) is 5.75 Å². The van der Waals surface area contributed by atoms with Crippen molar-refractivity contribution in [3.05, 3.63) is 18.2 Å². The van der Waals surface area contributed by atoms with Crippen molar-refractivity contribution in [2.24, 2.45) is 23.2 Å². The van der Waals surface area contributed by atoms with Crippen LogP contribution in [-0.4, -0.2) is 16.6 Å². The van der Waals surface area contributed by atoms with Gasteiger partial charge in [-0.3, -0.25) is 0 Å². The smallest absolute Gasteiger partial charge is 0.222 e. The molecular formula is C18H24N4O. The van der Waals surface area contributed by atoms with Crippen LogP contribution in [-0.2, 0) is 0 Å². The molecule has 23 heavy (non-hydrogen) atoms. The Morgan fingerprint density at radius 2 is 2.04 bits per heavy atom. The van der Waals surface area contributed by atoms with Gasteiger partial charge in [-0.05, 0) is 54.6 Å². The van der Waals surface area contributed by atoms with Crippen molar-refractivity contribution in [3.63, 3.8) is 0 Å². The summed E-state index contributed by atoms with van der Waals surface area (Å²) >= 11 is 0. The number of benzene rings is 1. The van der Waals surface area contributed by atoms with E-state index >= 15 is 0 Å². The second kappa shape index (κ2) is 4.98. The largest absolute Gasteiger partial charge is 0.492 e. The molecular weight excluding hydrogens is 288 g/mol. The maximum Gasteiger partial charge on any atom is 0.222 e. The van der Waals surface area contributed by atoms with Gasteiger partial charge in [0, 0.05) is 0 Å². The van der Waals surface area contributed by atoms with E-state index in [4.69, 9.17) is 16.2 Å². The van der Waals surface area contributed by atoms with Crippen molar-refractivity contribution in [1.29, 1.82) is 0 Å². The second-order valence-corrected chi connectivity index (χ2v) is 7.63. The van der Waals surface area contributed by atoms with Gasteiger partial charge < -0.3 is 16.2 Å². The van der Waals surface area contributed by atoms with Gasteiger partial charge in [0.25, 0.3) is 0 Å². The molecule has 2 aromatic rings. The van der Waals surface area contributed by atoms with E-state index in [1.165, 1.54) is 19.3 Å². The predicted molar refractivity (Wildman–Crippen MR) is 92.0 cm³/mol. The average molecular weight is 312 g/mol. The molecule has 0 amide bonds. The maximum absolute atomic E-state index is 6.17. The molecule has 5 rings (SSSR count). The molecule has 3 fully saturated rings. The van der Waals surface area contributed by atoms with Gasteiger partial charge in [-0.1, -0.05) is 19.9 Å².